The molecule has 88 valence electrons. The normalized spacial score (nSPS) is 11.3. The van der Waals surface area contributed by atoms with Crippen LogP contribution in [-0.4, -0.2) is 30.8 Å². The van der Waals surface area contributed by atoms with E-state index in [9.17, 15) is 14.0 Å². The van der Waals surface area contributed by atoms with Gasteiger partial charge in [-0.05, 0) is 13.8 Å². The Morgan fingerprint density at radius 3 is 1.67 bits per heavy atom. The molecule has 0 bridgehead atoms. The number of halogens is 1. The smallest absolute Gasteiger partial charge is 0.356 e. The minimum absolute atomic E-state index is 0.0244. The molecule has 15 heavy (non-hydrogen) atoms. The number of alkyl halides is 1. The van der Waals surface area contributed by atoms with Crippen molar-refractivity contribution in [3.05, 3.63) is 0 Å². The van der Waals surface area contributed by atoms with Crippen molar-refractivity contribution >= 4 is 11.9 Å². The van der Waals surface area contributed by atoms with Gasteiger partial charge in [0.2, 0.25) is 0 Å². The van der Waals surface area contributed by atoms with Gasteiger partial charge < -0.3 is 9.47 Å². The largest absolute Gasteiger partial charge is 0.463 e. The molecule has 4 nitrogen and oxygen atoms in total. The van der Waals surface area contributed by atoms with Gasteiger partial charge in [-0.15, -0.1) is 0 Å². The van der Waals surface area contributed by atoms with Gasteiger partial charge in [-0.3, -0.25) is 0 Å². The third-order valence-corrected chi connectivity index (χ3v) is 1.94. The predicted octanol–water partition coefficient (Wildman–Crippen LogP) is 1.48. The van der Waals surface area contributed by atoms with Crippen LogP contribution >= 0.6 is 0 Å². The van der Waals surface area contributed by atoms with Gasteiger partial charge >= 0.3 is 17.6 Å². The molecule has 0 N–H and O–H groups in total. The molecule has 0 aromatic rings. The summed E-state index contributed by atoms with van der Waals surface area (Å²) < 4.78 is 23.2. The summed E-state index contributed by atoms with van der Waals surface area (Å²) in [5.74, 6) is -3.19. The molecule has 0 aliphatic carbocycles. The molecule has 0 aliphatic rings. The summed E-state index contributed by atoms with van der Waals surface area (Å²) >= 11 is 0. The second-order valence-corrected chi connectivity index (χ2v) is 3.31. The molecule has 0 aromatic carbocycles. The summed E-state index contributed by atoms with van der Waals surface area (Å²) in [6.45, 7) is 5.99. The van der Waals surface area contributed by atoms with E-state index in [-0.39, 0.29) is 13.2 Å². The minimum Gasteiger partial charge on any atom is -0.463 e. The molecular weight excluding hydrogens is 203 g/mol. The Balaban J connectivity index is 4.88. The van der Waals surface area contributed by atoms with Crippen molar-refractivity contribution in [3.63, 3.8) is 0 Å². The van der Waals surface area contributed by atoms with Gasteiger partial charge in [-0.25, -0.2) is 14.0 Å². The summed E-state index contributed by atoms with van der Waals surface area (Å²) in [6, 6.07) is 0. The lowest BCUT2D eigenvalue weighted by molar-refractivity contribution is -0.178. The van der Waals surface area contributed by atoms with Gasteiger partial charge in [0, 0.05) is 5.92 Å². The standard InChI is InChI=1S/C10H17FO4/c1-5-14-8(12)10(11,7(3)4)9(13)15-6-2/h7H,5-6H2,1-4H3. The zero-order valence-corrected chi connectivity index (χ0v) is 9.50. The zero-order valence-electron chi connectivity index (χ0n) is 9.50. The fourth-order valence-corrected chi connectivity index (χ4v) is 1.03. The molecule has 0 aliphatic heterocycles. The first kappa shape index (κ1) is 13.9. The van der Waals surface area contributed by atoms with E-state index in [2.05, 4.69) is 9.47 Å². The van der Waals surface area contributed by atoms with Crippen molar-refractivity contribution in [3.8, 4) is 0 Å². The Labute approximate surface area is 88.7 Å². The fourth-order valence-electron chi connectivity index (χ4n) is 1.03. The first-order valence-electron chi connectivity index (χ1n) is 4.94. The van der Waals surface area contributed by atoms with Crippen LogP contribution in [0.1, 0.15) is 27.7 Å². The van der Waals surface area contributed by atoms with Crippen LogP contribution in [0.5, 0.6) is 0 Å². The molecule has 0 radical (unpaired) electrons. The van der Waals surface area contributed by atoms with Gasteiger partial charge in [0.05, 0.1) is 13.2 Å². The van der Waals surface area contributed by atoms with Gasteiger partial charge in [0.15, 0.2) is 0 Å². The first-order valence-corrected chi connectivity index (χ1v) is 4.94. The monoisotopic (exact) mass is 220 g/mol. The van der Waals surface area contributed by atoms with E-state index in [1.165, 1.54) is 13.8 Å². The third kappa shape index (κ3) is 2.91. The Kier molecular flexibility index (Phi) is 5.25. The molecule has 5 heteroatoms. The number of hydrogen-bond acceptors (Lipinski definition) is 4. The van der Waals surface area contributed by atoms with Gasteiger partial charge in [-0.2, -0.15) is 0 Å². The Hall–Kier alpha value is -1.13. The maximum absolute atomic E-state index is 14.1. The third-order valence-electron chi connectivity index (χ3n) is 1.94. The fraction of sp³-hybridized carbons (Fsp3) is 0.800. The van der Waals surface area contributed by atoms with Gasteiger partial charge in [-0.1, -0.05) is 13.8 Å². The molecule has 0 saturated carbocycles. The SMILES string of the molecule is CCOC(=O)C(F)(C(=O)OCC)C(C)C. The lowest BCUT2D eigenvalue weighted by Gasteiger charge is -2.24. The van der Waals surface area contributed by atoms with Crippen LogP contribution in [0.2, 0.25) is 0 Å². The lowest BCUT2D eigenvalue weighted by atomic mass is 9.92. The molecule has 0 aromatic heterocycles. The average Bonchev–Trinajstić information content (AvgIpc) is 2.16. The number of rotatable bonds is 5. The van der Waals surface area contributed by atoms with E-state index >= 15 is 0 Å². The lowest BCUT2D eigenvalue weighted by Crippen LogP contribution is -2.49. The van der Waals surface area contributed by atoms with Crippen LogP contribution < -0.4 is 0 Å². The van der Waals surface area contributed by atoms with Crippen molar-refractivity contribution in [1.82, 2.24) is 0 Å². The van der Waals surface area contributed by atoms with Crippen molar-refractivity contribution < 1.29 is 23.5 Å². The maximum Gasteiger partial charge on any atom is 0.356 e. The van der Waals surface area contributed by atoms with Crippen molar-refractivity contribution in [2.45, 2.75) is 33.4 Å². The van der Waals surface area contributed by atoms with Crippen molar-refractivity contribution in [2.75, 3.05) is 13.2 Å². The molecule has 0 saturated heterocycles. The molecule has 0 amide bonds. The number of esters is 2. The zero-order chi connectivity index (χ0) is 12.1. The number of ether oxygens (including phenoxy) is 2. The van der Waals surface area contributed by atoms with Gasteiger partial charge in [0.1, 0.15) is 0 Å². The predicted molar refractivity (Wildman–Crippen MR) is 51.9 cm³/mol. The van der Waals surface area contributed by atoms with Crippen LogP contribution in [0.15, 0.2) is 0 Å². The quantitative estimate of drug-likeness (QED) is 0.520. The van der Waals surface area contributed by atoms with Crippen LogP contribution in [0.4, 0.5) is 4.39 Å². The highest BCUT2D eigenvalue weighted by molar-refractivity contribution is 6.03. The molecule has 0 spiro atoms. The summed E-state index contributed by atoms with van der Waals surface area (Å²) in [7, 11) is 0. The number of carbonyl (C=O) groups excluding carboxylic acids is 2. The van der Waals surface area contributed by atoms with E-state index in [0.717, 1.165) is 0 Å². The van der Waals surface area contributed by atoms with Crippen LogP contribution in [0.25, 0.3) is 0 Å². The topological polar surface area (TPSA) is 52.6 Å². The van der Waals surface area contributed by atoms with Crippen molar-refractivity contribution in [1.29, 1.82) is 0 Å². The van der Waals surface area contributed by atoms with Gasteiger partial charge in [0.25, 0.3) is 0 Å². The number of carbonyl (C=O) groups is 2. The summed E-state index contributed by atoms with van der Waals surface area (Å²) in [4.78, 5) is 22.6. The average molecular weight is 220 g/mol. The second kappa shape index (κ2) is 5.68. The van der Waals surface area contributed by atoms with Crippen LogP contribution in [0, 0.1) is 5.92 Å². The van der Waals surface area contributed by atoms with Crippen LogP contribution in [-0.2, 0) is 19.1 Å². The van der Waals surface area contributed by atoms with Crippen LogP contribution in [0.3, 0.4) is 0 Å². The summed E-state index contributed by atoms with van der Waals surface area (Å²) in [5, 5.41) is 0. The van der Waals surface area contributed by atoms with E-state index in [4.69, 9.17) is 0 Å². The maximum atomic E-state index is 14.1. The first-order chi connectivity index (χ1) is 6.91. The second-order valence-electron chi connectivity index (χ2n) is 3.31. The Morgan fingerprint density at radius 2 is 1.47 bits per heavy atom. The molecule has 0 heterocycles. The Bertz CT molecular complexity index is 220. The summed E-state index contributed by atoms with van der Waals surface area (Å²) in [5.41, 5.74) is -2.70. The molecule has 0 atom stereocenters. The molecule has 0 rings (SSSR count). The van der Waals surface area contributed by atoms with E-state index in [0.29, 0.717) is 0 Å². The Morgan fingerprint density at radius 1 is 1.13 bits per heavy atom. The molecule has 0 fully saturated rings. The summed E-state index contributed by atoms with van der Waals surface area (Å²) in [6.07, 6.45) is 0. The highest BCUT2D eigenvalue weighted by Crippen LogP contribution is 2.25. The van der Waals surface area contributed by atoms with E-state index in [1.807, 2.05) is 0 Å². The molecule has 0 unspecified atom stereocenters. The van der Waals surface area contributed by atoms with Crippen molar-refractivity contribution in [2.24, 2.45) is 5.92 Å². The molecular formula is C10H17FO4. The minimum atomic E-state index is -2.70. The highest BCUT2D eigenvalue weighted by Gasteiger charge is 2.52. The van der Waals surface area contributed by atoms with E-state index in [1.54, 1.807) is 13.8 Å². The highest BCUT2D eigenvalue weighted by atomic mass is 19.1. The van der Waals surface area contributed by atoms with E-state index < -0.39 is 23.5 Å². The number of hydrogen-bond donors (Lipinski definition) is 0.